The Balaban J connectivity index is 1.44. The molecule has 2 amide bonds. The molecule has 4 aromatic rings. The molecule has 0 atom stereocenters. The zero-order valence-corrected chi connectivity index (χ0v) is 18.9. The van der Waals surface area contributed by atoms with Crippen LogP contribution in [0.3, 0.4) is 0 Å². The van der Waals surface area contributed by atoms with Crippen molar-refractivity contribution in [2.45, 2.75) is 18.8 Å². The number of hydrogen-bond donors (Lipinski definition) is 2. The number of nitrogens with two attached hydrogens (primary N) is 1. The number of fused-ring (bicyclic) bond motifs is 1. The van der Waals surface area contributed by atoms with Crippen molar-refractivity contribution in [2.24, 2.45) is 5.73 Å². The van der Waals surface area contributed by atoms with E-state index in [4.69, 9.17) is 15.5 Å². The van der Waals surface area contributed by atoms with Gasteiger partial charge in [-0.3, -0.25) is 14.7 Å². The summed E-state index contributed by atoms with van der Waals surface area (Å²) in [6, 6.07) is 13.0. The molecule has 0 aliphatic carbocycles. The van der Waals surface area contributed by atoms with E-state index in [2.05, 4.69) is 11.7 Å². The van der Waals surface area contributed by atoms with Crippen molar-refractivity contribution in [3.8, 4) is 22.8 Å². The fourth-order valence-corrected chi connectivity index (χ4v) is 4.54. The van der Waals surface area contributed by atoms with Gasteiger partial charge < -0.3 is 15.4 Å². The summed E-state index contributed by atoms with van der Waals surface area (Å²) in [5, 5.41) is 3.11. The first-order valence-electron chi connectivity index (χ1n) is 11.3. The fourth-order valence-electron chi connectivity index (χ4n) is 4.54. The molecule has 0 spiro atoms. The van der Waals surface area contributed by atoms with Gasteiger partial charge in [-0.15, -0.1) is 0 Å². The van der Waals surface area contributed by atoms with Crippen molar-refractivity contribution < 1.29 is 18.7 Å². The fraction of sp³-hybridized carbons (Fsp3) is 0.192. The Hall–Kier alpha value is -4.40. The van der Waals surface area contributed by atoms with Gasteiger partial charge in [0, 0.05) is 30.4 Å². The number of amides is 2. The number of para-hydroxylation sites is 1. The van der Waals surface area contributed by atoms with Gasteiger partial charge in [0.05, 0.1) is 0 Å². The highest BCUT2D eigenvalue weighted by atomic mass is 19.1. The van der Waals surface area contributed by atoms with Crippen LogP contribution >= 0.6 is 0 Å². The van der Waals surface area contributed by atoms with E-state index in [1.807, 2.05) is 6.20 Å². The number of aromatic nitrogens is 3. The van der Waals surface area contributed by atoms with Crippen molar-refractivity contribution in [1.29, 1.82) is 0 Å². The molecule has 8 nitrogen and oxygen atoms in total. The largest absolute Gasteiger partial charge is 0.454 e. The maximum atomic E-state index is 13.9. The van der Waals surface area contributed by atoms with Gasteiger partial charge in [-0.1, -0.05) is 18.7 Å². The SMILES string of the molecule is C=CC(=O)N1CCC(c2c[nH]n3c(C(N)=O)c(-c4ccc(Oc5ccccc5F)cc4)nc23)CC1. The molecule has 2 aromatic carbocycles. The van der Waals surface area contributed by atoms with E-state index in [1.165, 1.54) is 12.1 Å². The number of carbonyl (C=O) groups is 2. The Bertz CT molecular complexity index is 1410. The lowest BCUT2D eigenvalue weighted by molar-refractivity contribution is -0.127. The van der Waals surface area contributed by atoms with Crippen molar-refractivity contribution in [1.82, 2.24) is 19.5 Å². The zero-order chi connectivity index (χ0) is 24.5. The summed E-state index contributed by atoms with van der Waals surface area (Å²) < 4.78 is 21.1. The molecule has 2 aromatic heterocycles. The number of H-pyrrole nitrogens is 1. The van der Waals surface area contributed by atoms with Crippen LogP contribution in [0.1, 0.15) is 34.8 Å². The van der Waals surface area contributed by atoms with E-state index in [0.717, 1.165) is 18.4 Å². The summed E-state index contributed by atoms with van der Waals surface area (Å²) in [5.41, 5.74) is 8.70. The average Bonchev–Trinajstić information content (AvgIpc) is 3.45. The van der Waals surface area contributed by atoms with Crippen LogP contribution < -0.4 is 10.5 Å². The molecule has 3 heterocycles. The Morgan fingerprint density at radius 1 is 1.14 bits per heavy atom. The van der Waals surface area contributed by atoms with E-state index < -0.39 is 11.7 Å². The second kappa shape index (κ2) is 9.09. The van der Waals surface area contributed by atoms with E-state index in [-0.39, 0.29) is 23.3 Å². The molecule has 3 N–H and O–H groups in total. The highest BCUT2D eigenvalue weighted by Gasteiger charge is 2.28. The number of nitrogens with zero attached hydrogens (tertiary/aromatic N) is 3. The zero-order valence-electron chi connectivity index (χ0n) is 18.9. The van der Waals surface area contributed by atoms with Crippen LogP contribution in [-0.4, -0.2) is 44.4 Å². The topological polar surface area (TPSA) is 106 Å². The predicted molar refractivity (Wildman–Crippen MR) is 129 cm³/mol. The predicted octanol–water partition coefficient (Wildman–Crippen LogP) is 4.25. The Morgan fingerprint density at radius 3 is 2.51 bits per heavy atom. The number of imidazole rings is 1. The third-order valence-electron chi connectivity index (χ3n) is 6.33. The van der Waals surface area contributed by atoms with Crippen LogP contribution in [0.15, 0.2) is 67.4 Å². The summed E-state index contributed by atoms with van der Waals surface area (Å²) in [5.74, 6) is -0.374. The molecule has 1 aliphatic heterocycles. The van der Waals surface area contributed by atoms with Crippen LogP contribution in [0.2, 0.25) is 0 Å². The lowest BCUT2D eigenvalue weighted by Gasteiger charge is -2.30. The smallest absolute Gasteiger partial charge is 0.269 e. The van der Waals surface area contributed by atoms with Crippen molar-refractivity contribution in [3.63, 3.8) is 0 Å². The number of rotatable bonds is 6. The van der Waals surface area contributed by atoms with Crippen molar-refractivity contribution in [2.75, 3.05) is 13.1 Å². The first-order chi connectivity index (χ1) is 17.0. The van der Waals surface area contributed by atoms with Gasteiger partial charge in [0.2, 0.25) is 5.91 Å². The number of halogens is 1. The molecule has 5 rings (SSSR count). The van der Waals surface area contributed by atoms with Crippen LogP contribution in [0.4, 0.5) is 4.39 Å². The summed E-state index contributed by atoms with van der Waals surface area (Å²) in [7, 11) is 0. The van der Waals surface area contributed by atoms with Crippen molar-refractivity contribution in [3.05, 3.63) is 84.5 Å². The summed E-state index contributed by atoms with van der Waals surface area (Å²) in [6.45, 7) is 4.82. The van der Waals surface area contributed by atoms with E-state index in [1.54, 1.807) is 51.9 Å². The molecule has 0 radical (unpaired) electrons. The molecule has 1 saturated heterocycles. The van der Waals surface area contributed by atoms with Gasteiger partial charge in [-0.2, -0.15) is 0 Å². The minimum Gasteiger partial charge on any atom is -0.454 e. The molecular weight excluding hydrogens is 449 g/mol. The van der Waals surface area contributed by atoms with E-state index in [0.29, 0.717) is 35.7 Å². The number of ether oxygens (including phenoxy) is 1. The first kappa shape index (κ1) is 22.4. The van der Waals surface area contributed by atoms with Gasteiger partial charge in [-0.25, -0.2) is 13.9 Å². The number of likely N-dealkylation sites (tertiary alicyclic amines) is 1. The third kappa shape index (κ3) is 4.16. The average molecular weight is 474 g/mol. The molecule has 0 saturated carbocycles. The lowest BCUT2D eigenvalue weighted by Crippen LogP contribution is -2.36. The number of piperidine rings is 1. The van der Waals surface area contributed by atoms with Gasteiger partial charge in [0.25, 0.3) is 5.91 Å². The molecule has 178 valence electrons. The first-order valence-corrected chi connectivity index (χ1v) is 11.3. The summed E-state index contributed by atoms with van der Waals surface area (Å²) in [6.07, 6.45) is 4.74. The molecule has 0 bridgehead atoms. The maximum absolute atomic E-state index is 13.9. The normalized spacial score (nSPS) is 14.3. The quantitative estimate of drug-likeness (QED) is 0.408. The molecular formula is C26H24FN5O3. The molecule has 1 aliphatic rings. The number of aromatic amines is 1. The van der Waals surface area contributed by atoms with Crippen molar-refractivity contribution >= 4 is 17.5 Å². The van der Waals surface area contributed by atoms with Crippen LogP contribution in [0.25, 0.3) is 16.9 Å². The molecule has 0 unspecified atom stereocenters. The number of benzene rings is 2. The number of hydrogen-bond acceptors (Lipinski definition) is 4. The second-order valence-corrected chi connectivity index (χ2v) is 8.42. The van der Waals surface area contributed by atoms with E-state index in [9.17, 15) is 14.0 Å². The Kier molecular flexibility index (Phi) is 5.82. The number of primary amides is 1. The van der Waals surface area contributed by atoms with Gasteiger partial charge in [-0.05, 0) is 61.2 Å². The third-order valence-corrected chi connectivity index (χ3v) is 6.33. The minimum absolute atomic E-state index is 0.0655. The van der Waals surface area contributed by atoms with Crippen LogP contribution in [0.5, 0.6) is 11.5 Å². The monoisotopic (exact) mass is 473 g/mol. The van der Waals surface area contributed by atoms with Crippen LogP contribution in [-0.2, 0) is 4.79 Å². The summed E-state index contributed by atoms with van der Waals surface area (Å²) >= 11 is 0. The summed E-state index contributed by atoms with van der Waals surface area (Å²) in [4.78, 5) is 30.8. The minimum atomic E-state index is -0.612. The van der Waals surface area contributed by atoms with E-state index >= 15 is 0 Å². The number of nitrogens with one attached hydrogen (secondary N) is 1. The highest BCUT2D eigenvalue weighted by molar-refractivity contribution is 5.98. The maximum Gasteiger partial charge on any atom is 0.269 e. The lowest BCUT2D eigenvalue weighted by atomic mass is 9.91. The second-order valence-electron chi connectivity index (χ2n) is 8.42. The van der Waals surface area contributed by atoms with Gasteiger partial charge >= 0.3 is 0 Å². The Labute approximate surface area is 200 Å². The molecule has 35 heavy (non-hydrogen) atoms. The molecule has 9 heteroatoms. The molecule has 1 fully saturated rings. The standard InChI is InChI=1S/C26H24FN5O3/c1-2-22(33)31-13-11-16(12-14-31)19-15-29-32-24(25(28)34)23(30-26(19)32)17-7-9-18(10-8-17)35-21-6-4-3-5-20(21)27/h2-10,15-16,29H,1,11-14H2,(H2,28,34). The van der Waals surface area contributed by atoms with Gasteiger partial charge in [0.1, 0.15) is 11.4 Å². The van der Waals surface area contributed by atoms with Crippen LogP contribution in [0, 0.1) is 5.82 Å². The van der Waals surface area contributed by atoms with Gasteiger partial charge in [0.15, 0.2) is 22.9 Å². The Morgan fingerprint density at radius 2 is 1.86 bits per heavy atom. The number of carbonyl (C=O) groups excluding carboxylic acids is 2. The highest BCUT2D eigenvalue weighted by Crippen LogP contribution is 2.34.